The van der Waals surface area contributed by atoms with Crippen LogP contribution in [0.15, 0.2) is 24.5 Å². The van der Waals surface area contributed by atoms with E-state index in [4.69, 9.17) is 0 Å². The molecule has 0 spiro atoms. The number of rotatable bonds is 1. The van der Waals surface area contributed by atoms with Crippen molar-refractivity contribution < 1.29 is 9.18 Å². The number of fused-ring (bicyclic) bond motifs is 2. The molecule has 4 rings (SSSR count). The lowest BCUT2D eigenvalue weighted by Gasteiger charge is -2.11. The third kappa shape index (κ3) is 1.99. The number of carbonyl (C=O) groups excluding carboxylic acids is 1. The van der Waals surface area contributed by atoms with Gasteiger partial charge in [0.1, 0.15) is 5.82 Å². The van der Waals surface area contributed by atoms with Crippen molar-refractivity contribution in [3.05, 3.63) is 45.2 Å². The minimum atomic E-state index is -0.419. The van der Waals surface area contributed by atoms with Gasteiger partial charge in [0.2, 0.25) is 0 Å². The van der Waals surface area contributed by atoms with Crippen LogP contribution in [0.5, 0.6) is 0 Å². The summed E-state index contributed by atoms with van der Waals surface area (Å²) in [6, 6.07) is 3.18. The van der Waals surface area contributed by atoms with E-state index in [1.807, 2.05) is 6.07 Å². The fourth-order valence-electron chi connectivity index (χ4n) is 2.73. The highest BCUT2D eigenvalue weighted by Crippen LogP contribution is 2.33. The van der Waals surface area contributed by atoms with Crippen LogP contribution in [0, 0.1) is 9.39 Å². The van der Waals surface area contributed by atoms with Crippen LogP contribution in [0.3, 0.4) is 0 Å². The molecule has 0 bridgehead atoms. The first-order chi connectivity index (χ1) is 10.6. The van der Waals surface area contributed by atoms with Crippen LogP contribution >= 0.6 is 22.6 Å². The van der Waals surface area contributed by atoms with Gasteiger partial charge < -0.3 is 10.3 Å². The average molecular weight is 408 g/mol. The number of hydrogen-bond donors (Lipinski definition) is 2. The molecule has 110 valence electrons. The molecule has 1 amide bonds. The van der Waals surface area contributed by atoms with Crippen LogP contribution in [-0.2, 0) is 6.42 Å². The summed E-state index contributed by atoms with van der Waals surface area (Å²) in [4.78, 5) is 23.7. The van der Waals surface area contributed by atoms with Crippen molar-refractivity contribution in [2.75, 3.05) is 6.54 Å². The van der Waals surface area contributed by atoms with Crippen molar-refractivity contribution in [2.24, 2.45) is 0 Å². The SMILES string of the molecule is O=C1NCCc2[nH]c(-c3ccnc4cc(F)cnc34)c(I)c21. The lowest BCUT2D eigenvalue weighted by molar-refractivity contribution is 0.0945. The first-order valence-corrected chi connectivity index (χ1v) is 7.82. The Bertz CT molecular complexity index is 921. The Balaban J connectivity index is 1.99. The highest BCUT2D eigenvalue weighted by molar-refractivity contribution is 14.1. The summed E-state index contributed by atoms with van der Waals surface area (Å²) < 4.78 is 14.2. The van der Waals surface area contributed by atoms with E-state index in [-0.39, 0.29) is 5.91 Å². The molecule has 4 heterocycles. The Kier molecular flexibility index (Phi) is 3.10. The summed E-state index contributed by atoms with van der Waals surface area (Å²) in [6.07, 6.45) is 3.56. The summed E-state index contributed by atoms with van der Waals surface area (Å²) in [7, 11) is 0. The lowest BCUT2D eigenvalue weighted by atomic mass is 10.1. The Hall–Kier alpha value is -2.03. The van der Waals surface area contributed by atoms with Crippen molar-refractivity contribution >= 4 is 39.5 Å². The number of carbonyl (C=O) groups is 1. The number of H-pyrrole nitrogens is 1. The van der Waals surface area contributed by atoms with E-state index in [9.17, 15) is 9.18 Å². The molecule has 0 aromatic carbocycles. The van der Waals surface area contributed by atoms with Gasteiger partial charge >= 0.3 is 0 Å². The zero-order valence-corrected chi connectivity index (χ0v) is 13.4. The van der Waals surface area contributed by atoms with Crippen LogP contribution in [0.25, 0.3) is 22.3 Å². The smallest absolute Gasteiger partial charge is 0.254 e. The average Bonchev–Trinajstić information content (AvgIpc) is 2.84. The third-order valence-corrected chi connectivity index (χ3v) is 4.80. The van der Waals surface area contributed by atoms with Crippen molar-refractivity contribution in [1.29, 1.82) is 0 Å². The molecule has 0 unspecified atom stereocenters. The monoisotopic (exact) mass is 408 g/mol. The maximum Gasteiger partial charge on any atom is 0.254 e. The molecule has 0 radical (unpaired) electrons. The van der Waals surface area contributed by atoms with Crippen molar-refractivity contribution in [1.82, 2.24) is 20.3 Å². The zero-order valence-electron chi connectivity index (χ0n) is 11.3. The molecule has 5 nitrogen and oxygen atoms in total. The molecule has 0 saturated carbocycles. The Labute approximate surface area is 138 Å². The summed E-state index contributed by atoms with van der Waals surface area (Å²) in [5.41, 5.74) is 4.36. The van der Waals surface area contributed by atoms with Crippen LogP contribution in [0.1, 0.15) is 16.1 Å². The number of amides is 1. The molecule has 7 heteroatoms. The first kappa shape index (κ1) is 13.6. The maximum atomic E-state index is 13.3. The standard InChI is InChI=1S/C15H10FIN4O/c16-7-5-10-13(20-6-7)8(1-3-18-10)14-12(17)11-9(21-14)2-4-19-15(11)22/h1,3,5-6,21H,2,4H2,(H,19,22). The lowest BCUT2D eigenvalue weighted by Crippen LogP contribution is -2.31. The van der Waals surface area contributed by atoms with Gasteiger partial charge in [0.25, 0.3) is 5.91 Å². The second-order valence-corrected chi connectivity index (χ2v) is 6.13. The van der Waals surface area contributed by atoms with Gasteiger partial charge in [-0.25, -0.2) is 4.39 Å². The van der Waals surface area contributed by atoms with Crippen LogP contribution in [0.2, 0.25) is 0 Å². The fourth-order valence-corrected chi connectivity index (χ4v) is 3.73. The van der Waals surface area contributed by atoms with Crippen LogP contribution in [-0.4, -0.2) is 27.4 Å². The molecule has 3 aromatic heterocycles. The molecule has 2 N–H and O–H groups in total. The second kappa shape index (κ2) is 5.01. The predicted molar refractivity (Wildman–Crippen MR) is 88.0 cm³/mol. The van der Waals surface area contributed by atoms with Gasteiger partial charge in [0.05, 0.1) is 32.1 Å². The molecule has 1 aliphatic heterocycles. The van der Waals surface area contributed by atoms with E-state index >= 15 is 0 Å². The normalized spacial score (nSPS) is 14.0. The zero-order chi connectivity index (χ0) is 15.3. The number of hydrogen-bond acceptors (Lipinski definition) is 3. The summed E-state index contributed by atoms with van der Waals surface area (Å²) in [6.45, 7) is 0.627. The first-order valence-electron chi connectivity index (χ1n) is 6.74. The van der Waals surface area contributed by atoms with E-state index in [0.717, 1.165) is 26.9 Å². The summed E-state index contributed by atoms with van der Waals surface area (Å²) >= 11 is 2.16. The van der Waals surface area contributed by atoms with Gasteiger partial charge in [-0.15, -0.1) is 0 Å². The van der Waals surface area contributed by atoms with Gasteiger partial charge in [-0.3, -0.25) is 14.8 Å². The largest absolute Gasteiger partial charge is 0.357 e. The summed E-state index contributed by atoms with van der Waals surface area (Å²) in [5.74, 6) is -0.484. The molecule has 22 heavy (non-hydrogen) atoms. The Morgan fingerprint density at radius 2 is 2.18 bits per heavy atom. The molecule has 0 aliphatic carbocycles. The van der Waals surface area contributed by atoms with E-state index < -0.39 is 5.82 Å². The second-order valence-electron chi connectivity index (χ2n) is 5.05. The van der Waals surface area contributed by atoms with E-state index in [2.05, 4.69) is 42.9 Å². The van der Waals surface area contributed by atoms with Crippen molar-refractivity contribution in [2.45, 2.75) is 6.42 Å². The van der Waals surface area contributed by atoms with Crippen LogP contribution < -0.4 is 5.32 Å². The molecule has 1 aliphatic rings. The number of aromatic amines is 1. The predicted octanol–water partition coefficient (Wildman–Crippen LogP) is 2.65. The minimum Gasteiger partial charge on any atom is -0.357 e. The Morgan fingerprint density at radius 1 is 1.32 bits per heavy atom. The molecular weight excluding hydrogens is 398 g/mol. The number of nitrogens with zero attached hydrogens (tertiary/aromatic N) is 2. The molecule has 3 aromatic rings. The molecular formula is C15H10FIN4O. The quantitative estimate of drug-likeness (QED) is 0.609. The molecule has 0 atom stereocenters. The van der Waals surface area contributed by atoms with Gasteiger partial charge in [-0.1, -0.05) is 0 Å². The van der Waals surface area contributed by atoms with Gasteiger partial charge in [0.15, 0.2) is 0 Å². The Morgan fingerprint density at radius 3 is 3.00 bits per heavy atom. The maximum absolute atomic E-state index is 13.3. The number of halogens is 2. The van der Waals surface area contributed by atoms with Crippen molar-refractivity contribution in [3.63, 3.8) is 0 Å². The summed E-state index contributed by atoms with van der Waals surface area (Å²) in [5, 5.41) is 2.85. The van der Waals surface area contributed by atoms with E-state index in [1.165, 1.54) is 12.3 Å². The number of aromatic nitrogens is 3. The minimum absolute atomic E-state index is 0.0643. The number of nitrogens with one attached hydrogen (secondary N) is 2. The van der Waals surface area contributed by atoms with E-state index in [0.29, 0.717) is 23.1 Å². The molecule has 0 fully saturated rings. The third-order valence-electron chi connectivity index (χ3n) is 3.72. The highest BCUT2D eigenvalue weighted by atomic mass is 127. The van der Waals surface area contributed by atoms with Gasteiger partial charge in [-0.05, 0) is 28.7 Å². The fraction of sp³-hybridized carbons (Fsp3) is 0.133. The van der Waals surface area contributed by atoms with Gasteiger partial charge in [-0.2, -0.15) is 0 Å². The topological polar surface area (TPSA) is 70.7 Å². The van der Waals surface area contributed by atoms with Gasteiger partial charge in [0, 0.05) is 36.5 Å². The molecule has 0 saturated heterocycles. The van der Waals surface area contributed by atoms with E-state index in [1.54, 1.807) is 6.20 Å². The van der Waals surface area contributed by atoms with Crippen LogP contribution in [0.4, 0.5) is 4.39 Å². The highest BCUT2D eigenvalue weighted by Gasteiger charge is 2.26. The van der Waals surface area contributed by atoms with Crippen molar-refractivity contribution in [3.8, 4) is 11.3 Å². The number of pyridine rings is 2.